The van der Waals surface area contributed by atoms with Gasteiger partial charge in [-0.25, -0.2) is 0 Å². The van der Waals surface area contributed by atoms with Crippen molar-refractivity contribution in [3.05, 3.63) is 144 Å². The molecule has 6 aromatic carbocycles. The summed E-state index contributed by atoms with van der Waals surface area (Å²) in [6.07, 6.45) is 0. The third-order valence-corrected chi connectivity index (χ3v) is 8.60. The highest BCUT2D eigenvalue weighted by Gasteiger charge is 2.50. The van der Waals surface area contributed by atoms with Crippen molar-refractivity contribution < 1.29 is 0 Å². The zero-order valence-corrected chi connectivity index (χ0v) is 19.5. The van der Waals surface area contributed by atoms with Gasteiger partial charge in [0.15, 0.2) is 0 Å². The lowest BCUT2D eigenvalue weighted by Crippen LogP contribution is -2.32. The van der Waals surface area contributed by atoms with Crippen LogP contribution in [0.4, 0.5) is 0 Å². The number of aromatic amines is 1. The van der Waals surface area contributed by atoms with E-state index in [0.717, 1.165) is 0 Å². The lowest BCUT2D eigenvalue weighted by Gasteiger charge is -2.40. The summed E-state index contributed by atoms with van der Waals surface area (Å²) < 4.78 is 0. The van der Waals surface area contributed by atoms with Crippen LogP contribution < -0.4 is 0 Å². The van der Waals surface area contributed by atoms with E-state index in [0.29, 0.717) is 0 Å². The van der Waals surface area contributed by atoms with Crippen molar-refractivity contribution in [2.24, 2.45) is 0 Å². The Hall–Kier alpha value is -4.62. The maximum atomic E-state index is 3.73. The second-order valence-corrected chi connectivity index (χ2v) is 10.1. The molecule has 0 saturated heterocycles. The molecule has 2 aliphatic rings. The van der Waals surface area contributed by atoms with Crippen molar-refractivity contribution in [3.8, 4) is 22.3 Å². The third kappa shape index (κ3) is 1.98. The molecule has 0 bridgehead atoms. The molecular formula is C35H21N. The van der Waals surface area contributed by atoms with E-state index in [9.17, 15) is 0 Å². The highest BCUT2D eigenvalue weighted by molar-refractivity contribution is 6.17. The highest BCUT2D eigenvalue weighted by atomic mass is 14.7. The Bertz CT molecular complexity index is 2000. The lowest BCUT2D eigenvalue weighted by atomic mass is 9.60. The molecule has 0 fully saturated rings. The zero-order valence-electron chi connectivity index (χ0n) is 19.5. The standard InChI is InChI=1S/C35H21N/c1-4-15-27-22(11-1)23-12-2-5-16-28(23)35(27)29-17-8-10-21-9-7-14-24(32(21)29)25-19-20-31-33(34(25)35)26-13-3-6-18-30(26)36-31/h1-20,36H. The molecule has 0 radical (unpaired) electrons. The van der Waals surface area contributed by atoms with Gasteiger partial charge in [0, 0.05) is 21.8 Å². The molecular weight excluding hydrogens is 434 g/mol. The van der Waals surface area contributed by atoms with E-state index in [1.165, 1.54) is 77.1 Å². The Morgan fingerprint density at radius 1 is 0.417 bits per heavy atom. The van der Waals surface area contributed by atoms with Gasteiger partial charge in [0.05, 0.1) is 5.41 Å². The number of aromatic nitrogens is 1. The minimum Gasteiger partial charge on any atom is -0.355 e. The first kappa shape index (κ1) is 18.7. The van der Waals surface area contributed by atoms with Crippen molar-refractivity contribution in [1.82, 2.24) is 4.98 Å². The molecule has 1 N–H and O–H groups in total. The van der Waals surface area contributed by atoms with Crippen molar-refractivity contribution in [2.45, 2.75) is 5.41 Å². The van der Waals surface area contributed by atoms with Gasteiger partial charge in [-0.05, 0) is 67.4 Å². The van der Waals surface area contributed by atoms with E-state index in [4.69, 9.17) is 0 Å². The second-order valence-electron chi connectivity index (χ2n) is 10.1. The third-order valence-electron chi connectivity index (χ3n) is 8.60. The molecule has 1 nitrogen and oxygen atoms in total. The van der Waals surface area contributed by atoms with Crippen molar-refractivity contribution in [3.63, 3.8) is 0 Å². The normalized spacial score (nSPS) is 14.3. The predicted molar refractivity (Wildman–Crippen MR) is 150 cm³/mol. The van der Waals surface area contributed by atoms with Crippen LogP contribution in [0.5, 0.6) is 0 Å². The number of hydrogen-bond acceptors (Lipinski definition) is 0. The average molecular weight is 456 g/mol. The number of nitrogens with one attached hydrogen (secondary N) is 1. The van der Waals surface area contributed by atoms with Crippen LogP contribution in [0.1, 0.15) is 22.3 Å². The van der Waals surface area contributed by atoms with Gasteiger partial charge in [-0.1, -0.05) is 109 Å². The van der Waals surface area contributed by atoms with Gasteiger partial charge in [-0.3, -0.25) is 0 Å². The number of hydrogen-bond donors (Lipinski definition) is 1. The molecule has 0 unspecified atom stereocenters. The minimum absolute atomic E-state index is 0.388. The van der Waals surface area contributed by atoms with Crippen LogP contribution >= 0.6 is 0 Å². The monoisotopic (exact) mass is 455 g/mol. The van der Waals surface area contributed by atoms with Gasteiger partial charge >= 0.3 is 0 Å². The van der Waals surface area contributed by atoms with Gasteiger partial charge in [-0.2, -0.15) is 0 Å². The molecule has 1 aromatic heterocycles. The molecule has 7 aromatic rings. The molecule has 2 aliphatic carbocycles. The van der Waals surface area contributed by atoms with Crippen molar-refractivity contribution in [1.29, 1.82) is 0 Å². The number of rotatable bonds is 0. The SMILES string of the molecule is c1ccc2c(c1)-c1ccccc1C21c2cccc3cccc(c23)-c2ccc3[nH]c4ccccc4c3c21. The summed E-state index contributed by atoms with van der Waals surface area (Å²) in [6.45, 7) is 0. The van der Waals surface area contributed by atoms with Crippen LogP contribution in [0, 0.1) is 0 Å². The largest absolute Gasteiger partial charge is 0.355 e. The molecule has 1 spiro atoms. The fraction of sp³-hybridized carbons (Fsp3) is 0.0286. The van der Waals surface area contributed by atoms with Crippen LogP contribution in [-0.4, -0.2) is 4.98 Å². The van der Waals surface area contributed by atoms with Gasteiger partial charge in [-0.15, -0.1) is 0 Å². The van der Waals surface area contributed by atoms with Gasteiger partial charge in [0.25, 0.3) is 0 Å². The minimum atomic E-state index is -0.388. The van der Waals surface area contributed by atoms with Crippen LogP contribution in [0.25, 0.3) is 54.8 Å². The maximum absolute atomic E-state index is 3.73. The van der Waals surface area contributed by atoms with E-state index in [1.54, 1.807) is 0 Å². The van der Waals surface area contributed by atoms with Crippen LogP contribution in [0.3, 0.4) is 0 Å². The first-order chi connectivity index (χ1) is 17.9. The maximum Gasteiger partial charge on any atom is 0.0732 e. The number of para-hydroxylation sites is 1. The van der Waals surface area contributed by atoms with Crippen LogP contribution in [-0.2, 0) is 5.41 Å². The number of benzene rings is 6. The number of fused-ring (bicyclic) bond motifs is 13. The van der Waals surface area contributed by atoms with E-state index in [2.05, 4.69) is 126 Å². The molecule has 0 aliphatic heterocycles. The smallest absolute Gasteiger partial charge is 0.0732 e. The Morgan fingerprint density at radius 2 is 1.06 bits per heavy atom. The molecule has 166 valence electrons. The predicted octanol–water partition coefficient (Wildman–Crippen LogP) is 8.82. The first-order valence-electron chi connectivity index (χ1n) is 12.6. The Balaban J connectivity index is 1.64. The molecule has 9 rings (SSSR count). The van der Waals surface area contributed by atoms with Gasteiger partial charge in [0.1, 0.15) is 0 Å². The van der Waals surface area contributed by atoms with Crippen molar-refractivity contribution in [2.75, 3.05) is 0 Å². The highest BCUT2D eigenvalue weighted by Crippen LogP contribution is 2.63. The Labute approximate surface area is 208 Å². The van der Waals surface area contributed by atoms with E-state index in [1.807, 2.05) is 0 Å². The average Bonchev–Trinajstić information content (AvgIpc) is 3.46. The Morgan fingerprint density at radius 3 is 1.86 bits per heavy atom. The van der Waals surface area contributed by atoms with Crippen LogP contribution in [0.2, 0.25) is 0 Å². The van der Waals surface area contributed by atoms with Crippen LogP contribution in [0.15, 0.2) is 121 Å². The quantitative estimate of drug-likeness (QED) is 0.235. The molecule has 1 heterocycles. The number of H-pyrrole nitrogens is 1. The van der Waals surface area contributed by atoms with Crippen molar-refractivity contribution >= 4 is 32.6 Å². The van der Waals surface area contributed by atoms with E-state index < -0.39 is 0 Å². The molecule has 0 amide bonds. The summed E-state index contributed by atoms with van der Waals surface area (Å²) in [4.78, 5) is 3.73. The Kier molecular flexibility index (Phi) is 3.28. The topological polar surface area (TPSA) is 15.8 Å². The summed E-state index contributed by atoms with van der Waals surface area (Å²) in [5.74, 6) is 0. The summed E-state index contributed by atoms with van der Waals surface area (Å²) in [5, 5.41) is 5.30. The molecule has 0 atom stereocenters. The van der Waals surface area contributed by atoms with Gasteiger partial charge < -0.3 is 4.98 Å². The second kappa shape index (κ2) is 6.33. The first-order valence-corrected chi connectivity index (χ1v) is 12.6. The zero-order chi connectivity index (χ0) is 23.4. The summed E-state index contributed by atoms with van der Waals surface area (Å²) in [6, 6.07) is 45.2. The summed E-state index contributed by atoms with van der Waals surface area (Å²) >= 11 is 0. The summed E-state index contributed by atoms with van der Waals surface area (Å²) in [7, 11) is 0. The van der Waals surface area contributed by atoms with E-state index >= 15 is 0 Å². The fourth-order valence-corrected chi connectivity index (χ4v) is 7.36. The fourth-order valence-electron chi connectivity index (χ4n) is 7.36. The van der Waals surface area contributed by atoms with E-state index in [-0.39, 0.29) is 5.41 Å². The lowest BCUT2D eigenvalue weighted by molar-refractivity contribution is 0.782. The summed E-state index contributed by atoms with van der Waals surface area (Å²) in [5.41, 5.74) is 12.9. The molecule has 1 heteroatoms. The molecule has 36 heavy (non-hydrogen) atoms. The van der Waals surface area contributed by atoms with Gasteiger partial charge in [0.2, 0.25) is 0 Å². The molecule has 0 saturated carbocycles.